The molecular weight excluding hydrogens is 437 g/mol. The van der Waals surface area contributed by atoms with Gasteiger partial charge in [0.05, 0.1) is 5.56 Å². The van der Waals surface area contributed by atoms with Crippen LogP contribution in [0.25, 0.3) is 0 Å². The van der Waals surface area contributed by atoms with E-state index in [1.54, 1.807) is 62.6 Å². The molecular formula is C22H23F3N6O2. The molecule has 0 fully saturated rings. The van der Waals surface area contributed by atoms with Crippen molar-refractivity contribution in [3.05, 3.63) is 65.9 Å². The van der Waals surface area contributed by atoms with Crippen LogP contribution >= 0.6 is 0 Å². The van der Waals surface area contributed by atoms with Gasteiger partial charge in [0.15, 0.2) is 0 Å². The van der Waals surface area contributed by atoms with Gasteiger partial charge in [-0.2, -0.15) is 18.2 Å². The molecule has 0 unspecified atom stereocenters. The third kappa shape index (κ3) is 6.81. The van der Waals surface area contributed by atoms with Crippen molar-refractivity contribution in [2.75, 3.05) is 37.1 Å². The molecule has 174 valence electrons. The molecule has 1 aromatic heterocycles. The predicted octanol–water partition coefficient (Wildman–Crippen LogP) is 5.04. The largest absolute Gasteiger partial charge is 0.439 e. The average molecular weight is 460 g/mol. The molecule has 0 radical (unpaired) electrons. The van der Waals surface area contributed by atoms with Gasteiger partial charge >= 0.3 is 12.2 Å². The Morgan fingerprint density at radius 3 is 2.33 bits per heavy atom. The van der Waals surface area contributed by atoms with Gasteiger partial charge in [0, 0.05) is 37.2 Å². The summed E-state index contributed by atoms with van der Waals surface area (Å²) in [5.41, 5.74) is -0.202. The van der Waals surface area contributed by atoms with Crippen LogP contribution in [0.3, 0.4) is 0 Å². The number of urea groups is 1. The first kappa shape index (κ1) is 23.8. The molecule has 0 saturated carbocycles. The van der Waals surface area contributed by atoms with Crippen molar-refractivity contribution in [2.24, 2.45) is 0 Å². The zero-order chi connectivity index (χ0) is 24.0. The van der Waals surface area contributed by atoms with E-state index in [1.807, 2.05) is 0 Å². The molecule has 11 heteroatoms. The lowest BCUT2D eigenvalue weighted by Gasteiger charge is -2.18. The van der Waals surface area contributed by atoms with Crippen LogP contribution in [-0.4, -0.2) is 42.0 Å². The number of aromatic nitrogens is 2. The van der Waals surface area contributed by atoms with Crippen molar-refractivity contribution < 1.29 is 22.7 Å². The molecule has 0 aliphatic heterocycles. The number of halogens is 3. The lowest BCUT2D eigenvalue weighted by Crippen LogP contribution is -2.21. The summed E-state index contributed by atoms with van der Waals surface area (Å²) in [4.78, 5) is 22.1. The fourth-order valence-electron chi connectivity index (χ4n) is 2.94. The minimum Gasteiger partial charge on any atom is -0.439 e. The Morgan fingerprint density at radius 2 is 1.70 bits per heavy atom. The summed E-state index contributed by atoms with van der Waals surface area (Å²) in [7, 11) is 5.05. The highest BCUT2D eigenvalue weighted by Gasteiger charge is 2.33. The minimum atomic E-state index is -4.53. The Labute approximate surface area is 188 Å². The maximum Gasteiger partial charge on any atom is 0.416 e. The van der Waals surface area contributed by atoms with Gasteiger partial charge < -0.3 is 25.6 Å². The Morgan fingerprint density at radius 1 is 1.03 bits per heavy atom. The molecule has 1 heterocycles. The standard InChI is InChI=1S/C22H23F3N6O2/c1-26-20-27-11-10-19(30-20)33-17-8-6-15(7-9-17)28-21(32)29-16-5-4-14(13-31(2)3)18(12-16)22(23,24)25/h4-12H,13H2,1-3H3,(H,26,27,30)(H2,28,29,32). The lowest BCUT2D eigenvalue weighted by molar-refractivity contribution is -0.138. The number of carbonyl (C=O) groups excluding carboxylic acids is 1. The van der Waals surface area contributed by atoms with E-state index in [2.05, 4.69) is 25.9 Å². The van der Waals surface area contributed by atoms with Crippen molar-refractivity contribution >= 4 is 23.4 Å². The van der Waals surface area contributed by atoms with Crippen LogP contribution in [0.5, 0.6) is 11.6 Å². The third-order valence-corrected chi connectivity index (χ3v) is 4.35. The summed E-state index contributed by atoms with van der Waals surface area (Å²) in [5.74, 6) is 1.23. The van der Waals surface area contributed by atoms with Crippen LogP contribution in [0.4, 0.5) is 35.3 Å². The number of nitrogens with zero attached hydrogens (tertiary/aromatic N) is 3. The number of alkyl halides is 3. The fourth-order valence-corrected chi connectivity index (χ4v) is 2.94. The Kier molecular flexibility index (Phi) is 7.34. The number of hydrogen-bond acceptors (Lipinski definition) is 6. The molecule has 0 atom stereocenters. The number of anilines is 3. The zero-order valence-corrected chi connectivity index (χ0v) is 18.2. The van der Waals surface area contributed by atoms with E-state index < -0.39 is 17.8 Å². The molecule has 3 N–H and O–H groups in total. The fraction of sp³-hybridized carbons (Fsp3) is 0.227. The molecule has 8 nitrogen and oxygen atoms in total. The number of amides is 2. The zero-order valence-electron chi connectivity index (χ0n) is 18.2. The van der Waals surface area contributed by atoms with E-state index in [0.29, 0.717) is 23.3 Å². The van der Waals surface area contributed by atoms with Gasteiger partial charge in [0.1, 0.15) is 5.75 Å². The highest BCUT2D eigenvalue weighted by molar-refractivity contribution is 5.99. The van der Waals surface area contributed by atoms with Crippen molar-refractivity contribution in [1.82, 2.24) is 14.9 Å². The minimum absolute atomic E-state index is 0.0337. The molecule has 33 heavy (non-hydrogen) atoms. The summed E-state index contributed by atoms with van der Waals surface area (Å²) < 4.78 is 45.9. The Balaban J connectivity index is 1.64. The van der Waals surface area contributed by atoms with Crippen molar-refractivity contribution in [1.29, 1.82) is 0 Å². The topological polar surface area (TPSA) is 91.4 Å². The normalized spacial score (nSPS) is 11.2. The van der Waals surface area contributed by atoms with Crippen LogP contribution in [-0.2, 0) is 12.7 Å². The van der Waals surface area contributed by atoms with Gasteiger partial charge in [-0.3, -0.25) is 0 Å². The van der Waals surface area contributed by atoms with Gasteiger partial charge in [-0.05, 0) is 56.1 Å². The van der Waals surface area contributed by atoms with Crippen molar-refractivity contribution in [3.8, 4) is 11.6 Å². The monoisotopic (exact) mass is 460 g/mol. The van der Waals surface area contributed by atoms with Gasteiger partial charge in [0.25, 0.3) is 0 Å². The Hall–Kier alpha value is -3.86. The SMILES string of the molecule is CNc1nccc(Oc2ccc(NC(=O)Nc3ccc(CN(C)C)c(C(F)(F)F)c3)cc2)n1. The van der Waals surface area contributed by atoms with E-state index in [-0.39, 0.29) is 17.8 Å². The Bertz CT molecular complexity index is 1100. The molecule has 2 aromatic carbocycles. The van der Waals surface area contributed by atoms with Gasteiger partial charge in [-0.1, -0.05) is 6.07 Å². The second kappa shape index (κ2) is 10.2. The number of benzene rings is 2. The summed E-state index contributed by atoms with van der Waals surface area (Å²) in [5, 5.41) is 7.81. The summed E-state index contributed by atoms with van der Waals surface area (Å²) >= 11 is 0. The van der Waals surface area contributed by atoms with Crippen LogP contribution in [0.2, 0.25) is 0 Å². The second-order valence-corrected chi connectivity index (χ2v) is 7.28. The quantitative estimate of drug-likeness (QED) is 0.458. The molecule has 0 aliphatic rings. The highest BCUT2D eigenvalue weighted by atomic mass is 19.4. The molecule has 0 aliphatic carbocycles. The van der Waals surface area contributed by atoms with Crippen molar-refractivity contribution in [2.45, 2.75) is 12.7 Å². The van der Waals surface area contributed by atoms with E-state index in [9.17, 15) is 18.0 Å². The average Bonchev–Trinajstić information content (AvgIpc) is 2.75. The van der Waals surface area contributed by atoms with Crippen LogP contribution in [0, 0.1) is 0 Å². The molecule has 0 saturated heterocycles. The number of nitrogens with one attached hydrogen (secondary N) is 3. The van der Waals surface area contributed by atoms with Crippen molar-refractivity contribution in [3.63, 3.8) is 0 Å². The number of hydrogen-bond donors (Lipinski definition) is 3. The van der Waals surface area contributed by atoms with Gasteiger partial charge in [0.2, 0.25) is 11.8 Å². The van der Waals surface area contributed by atoms with E-state index in [4.69, 9.17) is 4.74 Å². The second-order valence-electron chi connectivity index (χ2n) is 7.28. The first-order valence-electron chi connectivity index (χ1n) is 9.85. The molecule has 3 aromatic rings. The smallest absolute Gasteiger partial charge is 0.416 e. The van der Waals surface area contributed by atoms with E-state index in [0.717, 1.165) is 6.07 Å². The molecule has 2 amide bonds. The first-order valence-corrected chi connectivity index (χ1v) is 9.85. The lowest BCUT2D eigenvalue weighted by atomic mass is 10.1. The predicted molar refractivity (Wildman–Crippen MR) is 120 cm³/mol. The summed E-state index contributed by atoms with van der Waals surface area (Å²) in [6.07, 6.45) is -2.99. The molecule has 0 bridgehead atoms. The third-order valence-electron chi connectivity index (χ3n) is 4.35. The van der Waals surface area contributed by atoms with E-state index >= 15 is 0 Å². The van der Waals surface area contributed by atoms with Gasteiger partial charge in [-0.15, -0.1) is 0 Å². The first-order chi connectivity index (χ1) is 15.6. The molecule has 0 spiro atoms. The van der Waals surface area contributed by atoms with Crippen LogP contribution in [0.1, 0.15) is 11.1 Å². The van der Waals surface area contributed by atoms with Crippen LogP contribution < -0.4 is 20.7 Å². The maximum atomic E-state index is 13.4. The summed E-state index contributed by atoms with van der Waals surface area (Å²) in [6, 6.07) is 11.1. The highest BCUT2D eigenvalue weighted by Crippen LogP contribution is 2.34. The number of carbonyl (C=O) groups is 1. The van der Waals surface area contributed by atoms with Crippen LogP contribution in [0.15, 0.2) is 54.7 Å². The molecule has 3 rings (SSSR count). The number of ether oxygens (including phenoxy) is 1. The van der Waals surface area contributed by atoms with Gasteiger partial charge in [-0.25, -0.2) is 9.78 Å². The summed E-state index contributed by atoms with van der Waals surface area (Å²) in [6.45, 7) is 0.126. The maximum absolute atomic E-state index is 13.4. The van der Waals surface area contributed by atoms with E-state index in [1.165, 1.54) is 12.1 Å². The number of rotatable bonds is 7.